The number of hydrogen-bond acceptors (Lipinski definition) is 0. The third-order valence-corrected chi connectivity index (χ3v) is 2.89. The lowest BCUT2D eigenvalue weighted by atomic mass is 9.99. The summed E-state index contributed by atoms with van der Waals surface area (Å²) in [6.07, 6.45) is 1.47. The first-order valence-corrected chi connectivity index (χ1v) is 5.52. The van der Waals surface area contributed by atoms with Crippen LogP contribution in [0.5, 0.6) is 0 Å². The maximum atomic E-state index is 13.8. The topological polar surface area (TPSA) is 0 Å². The molecule has 0 aliphatic rings. The van der Waals surface area contributed by atoms with E-state index in [0.717, 1.165) is 6.92 Å². The van der Waals surface area contributed by atoms with Crippen molar-refractivity contribution in [3.63, 3.8) is 0 Å². The van der Waals surface area contributed by atoms with Crippen LogP contribution in [-0.2, 0) is 0 Å². The van der Waals surface area contributed by atoms with Gasteiger partial charge >= 0.3 is 0 Å². The molecule has 19 heavy (non-hydrogen) atoms. The van der Waals surface area contributed by atoms with Crippen LogP contribution in [0.4, 0.5) is 17.6 Å². The van der Waals surface area contributed by atoms with Crippen molar-refractivity contribution >= 4 is 6.08 Å². The van der Waals surface area contributed by atoms with Gasteiger partial charge in [-0.2, -0.15) is 0 Å². The Bertz CT molecular complexity index is 630. The Balaban J connectivity index is 2.78. The molecule has 0 N–H and O–H groups in total. The summed E-state index contributed by atoms with van der Waals surface area (Å²) in [7, 11) is 0. The van der Waals surface area contributed by atoms with E-state index in [1.54, 1.807) is 6.07 Å². The molecule has 0 unspecified atom stereocenters. The quantitative estimate of drug-likeness (QED) is 0.538. The van der Waals surface area contributed by atoms with Crippen molar-refractivity contribution in [1.82, 2.24) is 0 Å². The summed E-state index contributed by atoms with van der Waals surface area (Å²) < 4.78 is 54.6. The minimum atomic E-state index is -1.39. The molecule has 0 bridgehead atoms. The summed E-state index contributed by atoms with van der Waals surface area (Å²) >= 11 is 0. The van der Waals surface area contributed by atoms with Crippen LogP contribution in [0.2, 0.25) is 0 Å². The molecule has 2 aromatic rings. The fourth-order valence-electron chi connectivity index (χ4n) is 1.82. The Morgan fingerprint density at radius 2 is 1.53 bits per heavy atom. The molecule has 4 heteroatoms. The van der Waals surface area contributed by atoms with E-state index >= 15 is 0 Å². The van der Waals surface area contributed by atoms with Gasteiger partial charge in [-0.3, -0.25) is 0 Å². The van der Waals surface area contributed by atoms with Crippen molar-refractivity contribution in [2.24, 2.45) is 0 Å². The Labute approximate surface area is 108 Å². The average Bonchev–Trinajstić information content (AvgIpc) is 2.43. The highest BCUT2D eigenvalue weighted by Crippen LogP contribution is 2.32. The van der Waals surface area contributed by atoms with Crippen molar-refractivity contribution in [2.75, 3.05) is 0 Å². The van der Waals surface area contributed by atoms with Crippen LogP contribution in [0, 0.1) is 30.2 Å². The van der Waals surface area contributed by atoms with Crippen LogP contribution >= 0.6 is 0 Å². The molecular formula is C15H10F4. The Hall–Kier alpha value is -2.10. The second-order valence-corrected chi connectivity index (χ2v) is 4.09. The highest BCUT2D eigenvalue weighted by Gasteiger charge is 2.23. The van der Waals surface area contributed by atoms with Crippen LogP contribution in [0.15, 0.2) is 30.8 Å². The SMILES string of the molecule is C=Cc1cccc(-c2c(F)c(F)c(C)c(F)c2F)c1. The fraction of sp³-hybridized carbons (Fsp3) is 0.0667. The standard InChI is InChI=1S/C15H10F4/c1-3-9-5-4-6-10(7-9)11-14(18)12(16)8(2)13(17)15(11)19/h3-7H,1H2,2H3. The van der Waals surface area contributed by atoms with Crippen molar-refractivity contribution < 1.29 is 17.6 Å². The second-order valence-electron chi connectivity index (χ2n) is 4.09. The van der Waals surface area contributed by atoms with E-state index in [9.17, 15) is 17.6 Å². The van der Waals surface area contributed by atoms with Crippen LogP contribution in [0.1, 0.15) is 11.1 Å². The van der Waals surface area contributed by atoms with Gasteiger partial charge in [-0.25, -0.2) is 17.6 Å². The number of halogens is 4. The average molecular weight is 266 g/mol. The molecule has 0 saturated carbocycles. The fourth-order valence-corrected chi connectivity index (χ4v) is 1.82. The number of benzene rings is 2. The summed E-state index contributed by atoms with van der Waals surface area (Å²) in [5.41, 5.74) is -0.717. The molecule has 0 saturated heterocycles. The van der Waals surface area contributed by atoms with Gasteiger partial charge in [0.1, 0.15) is 0 Å². The van der Waals surface area contributed by atoms with E-state index in [0.29, 0.717) is 5.56 Å². The molecule has 0 fully saturated rings. The molecule has 0 amide bonds. The molecule has 0 aliphatic carbocycles. The van der Waals surface area contributed by atoms with E-state index in [2.05, 4.69) is 6.58 Å². The molecule has 0 spiro atoms. The maximum Gasteiger partial charge on any atom is 0.170 e. The normalized spacial score (nSPS) is 10.6. The molecule has 0 radical (unpaired) electrons. The minimum Gasteiger partial charge on any atom is -0.203 e. The van der Waals surface area contributed by atoms with Gasteiger partial charge in [0.25, 0.3) is 0 Å². The van der Waals surface area contributed by atoms with Crippen LogP contribution in [0.25, 0.3) is 17.2 Å². The zero-order valence-corrected chi connectivity index (χ0v) is 10.1. The van der Waals surface area contributed by atoms with Crippen molar-refractivity contribution in [3.05, 3.63) is 65.2 Å². The van der Waals surface area contributed by atoms with Gasteiger partial charge < -0.3 is 0 Å². The summed E-state index contributed by atoms with van der Waals surface area (Å²) in [5, 5.41) is 0. The zero-order valence-electron chi connectivity index (χ0n) is 10.1. The highest BCUT2D eigenvalue weighted by atomic mass is 19.2. The summed E-state index contributed by atoms with van der Waals surface area (Å²) in [5.74, 6) is -5.54. The first-order valence-electron chi connectivity index (χ1n) is 5.52. The molecule has 0 aromatic heterocycles. The van der Waals surface area contributed by atoms with Crippen molar-refractivity contribution in [3.8, 4) is 11.1 Å². The van der Waals surface area contributed by atoms with Crippen molar-refractivity contribution in [2.45, 2.75) is 6.92 Å². The van der Waals surface area contributed by atoms with E-state index in [4.69, 9.17) is 0 Å². The monoisotopic (exact) mass is 266 g/mol. The lowest BCUT2D eigenvalue weighted by Gasteiger charge is -2.10. The summed E-state index contributed by atoms with van der Waals surface area (Å²) in [6, 6.07) is 5.97. The van der Waals surface area contributed by atoms with Gasteiger partial charge in [0.2, 0.25) is 0 Å². The Morgan fingerprint density at radius 3 is 2.05 bits per heavy atom. The summed E-state index contributed by atoms with van der Waals surface area (Å²) in [6.45, 7) is 4.51. The largest absolute Gasteiger partial charge is 0.203 e. The van der Waals surface area contributed by atoms with Gasteiger partial charge in [-0.05, 0) is 24.1 Å². The minimum absolute atomic E-state index is 0.0604. The number of rotatable bonds is 2. The molecule has 2 aromatic carbocycles. The molecule has 0 atom stereocenters. The molecule has 0 nitrogen and oxygen atoms in total. The Kier molecular flexibility index (Phi) is 3.42. The summed E-state index contributed by atoms with van der Waals surface area (Å²) in [4.78, 5) is 0. The third-order valence-electron chi connectivity index (χ3n) is 2.89. The van der Waals surface area contributed by atoms with Crippen molar-refractivity contribution in [1.29, 1.82) is 0 Å². The van der Waals surface area contributed by atoms with Gasteiger partial charge in [-0.15, -0.1) is 0 Å². The van der Waals surface area contributed by atoms with Crippen LogP contribution in [0.3, 0.4) is 0 Å². The van der Waals surface area contributed by atoms with Crippen LogP contribution in [-0.4, -0.2) is 0 Å². The third kappa shape index (κ3) is 2.14. The van der Waals surface area contributed by atoms with Crippen LogP contribution < -0.4 is 0 Å². The van der Waals surface area contributed by atoms with Gasteiger partial charge in [0, 0.05) is 5.56 Å². The first-order chi connectivity index (χ1) is 8.97. The van der Waals surface area contributed by atoms with E-state index in [1.165, 1.54) is 24.3 Å². The Morgan fingerprint density at radius 1 is 0.947 bits per heavy atom. The smallest absolute Gasteiger partial charge is 0.170 e. The lowest BCUT2D eigenvalue weighted by Crippen LogP contribution is -2.03. The van der Waals surface area contributed by atoms with E-state index in [-0.39, 0.29) is 5.56 Å². The zero-order chi connectivity index (χ0) is 14.2. The maximum absolute atomic E-state index is 13.8. The number of hydrogen-bond donors (Lipinski definition) is 0. The van der Waals surface area contributed by atoms with Gasteiger partial charge in [-0.1, -0.05) is 30.9 Å². The first kappa shape index (κ1) is 13.3. The molecule has 98 valence electrons. The lowest BCUT2D eigenvalue weighted by molar-refractivity contribution is 0.449. The molecule has 0 heterocycles. The molecule has 0 aliphatic heterocycles. The van der Waals surface area contributed by atoms with E-state index < -0.39 is 34.4 Å². The predicted molar refractivity (Wildman–Crippen MR) is 66.5 cm³/mol. The molecular weight excluding hydrogens is 256 g/mol. The molecule has 2 rings (SSSR count). The highest BCUT2D eigenvalue weighted by molar-refractivity contribution is 5.69. The van der Waals surface area contributed by atoms with Gasteiger partial charge in [0.15, 0.2) is 23.3 Å². The second kappa shape index (κ2) is 4.88. The van der Waals surface area contributed by atoms with Gasteiger partial charge in [0.05, 0.1) is 5.56 Å². The predicted octanol–water partition coefficient (Wildman–Crippen LogP) is 4.86. The van der Waals surface area contributed by atoms with E-state index in [1.807, 2.05) is 0 Å².